The van der Waals surface area contributed by atoms with Crippen LogP contribution in [0.1, 0.15) is 13.8 Å². The molecule has 68 valence electrons. The first-order chi connectivity index (χ1) is 6.24. The van der Waals surface area contributed by atoms with E-state index in [1.807, 2.05) is 18.2 Å². The van der Waals surface area contributed by atoms with Gasteiger partial charge < -0.3 is 0 Å². The summed E-state index contributed by atoms with van der Waals surface area (Å²) in [5.74, 6) is 3.34. The van der Waals surface area contributed by atoms with E-state index in [2.05, 4.69) is 31.9 Å². The second-order valence-electron chi connectivity index (χ2n) is 3.26. The Bertz CT molecular complexity index is 282. The van der Waals surface area contributed by atoms with Crippen LogP contribution in [0.15, 0.2) is 35.2 Å². The highest BCUT2D eigenvalue weighted by molar-refractivity contribution is 8.00. The van der Waals surface area contributed by atoms with Crippen LogP contribution < -0.4 is 0 Å². The lowest BCUT2D eigenvalue weighted by atomic mass is 10.1. The van der Waals surface area contributed by atoms with Crippen LogP contribution in [-0.4, -0.2) is 5.25 Å². The fourth-order valence-electron chi connectivity index (χ4n) is 1.01. The molecule has 1 heteroatoms. The van der Waals surface area contributed by atoms with Crippen LogP contribution in [0.4, 0.5) is 0 Å². The van der Waals surface area contributed by atoms with Crippen LogP contribution in [0.3, 0.4) is 0 Å². The molecule has 0 amide bonds. The summed E-state index contributed by atoms with van der Waals surface area (Å²) >= 11 is 1.76. The van der Waals surface area contributed by atoms with Gasteiger partial charge in [0.15, 0.2) is 0 Å². The highest BCUT2D eigenvalue weighted by atomic mass is 32.2. The summed E-state index contributed by atoms with van der Waals surface area (Å²) < 4.78 is 0. The van der Waals surface area contributed by atoms with Crippen LogP contribution in [-0.2, 0) is 0 Å². The Morgan fingerprint density at radius 1 is 1.23 bits per heavy atom. The second-order valence-corrected chi connectivity index (χ2v) is 4.48. The van der Waals surface area contributed by atoms with Crippen molar-refractivity contribution in [2.75, 3.05) is 0 Å². The maximum Gasteiger partial charge on any atom is 0.0724 e. The number of rotatable bonds is 3. The van der Waals surface area contributed by atoms with E-state index in [0.717, 1.165) is 0 Å². The average Bonchev–Trinajstić information content (AvgIpc) is 2.15. The molecule has 1 rings (SSSR count). The van der Waals surface area contributed by atoms with E-state index < -0.39 is 0 Å². The molecule has 0 heterocycles. The summed E-state index contributed by atoms with van der Waals surface area (Å²) in [7, 11) is 0. The van der Waals surface area contributed by atoms with Crippen LogP contribution in [0.2, 0.25) is 0 Å². The zero-order valence-corrected chi connectivity index (χ0v) is 8.84. The van der Waals surface area contributed by atoms with Gasteiger partial charge in [0.05, 0.1) is 5.25 Å². The van der Waals surface area contributed by atoms with Gasteiger partial charge in [-0.05, 0) is 18.1 Å². The topological polar surface area (TPSA) is 0 Å². The maximum atomic E-state index is 5.45. The van der Waals surface area contributed by atoms with E-state index in [-0.39, 0.29) is 5.25 Å². The van der Waals surface area contributed by atoms with Crippen LogP contribution in [0, 0.1) is 18.3 Å². The Balaban J connectivity index is 2.64. The zero-order valence-electron chi connectivity index (χ0n) is 8.03. The third-order valence-electron chi connectivity index (χ3n) is 1.78. The number of benzene rings is 1. The molecule has 1 aromatic rings. The predicted molar refractivity (Wildman–Crippen MR) is 59.8 cm³/mol. The molecule has 0 saturated heterocycles. The summed E-state index contributed by atoms with van der Waals surface area (Å²) in [6.07, 6.45) is 5.45. The van der Waals surface area contributed by atoms with E-state index in [0.29, 0.717) is 5.92 Å². The molecule has 0 N–H and O–H groups in total. The molecule has 0 aliphatic heterocycles. The summed E-state index contributed by atoms with van der Waals surface area (Å²) in [6, 6.07) is 10.3. The molecule has 0 nitrogen and oxygen atoms in total. The van der Waals surface area contributed by atoms with E-state index in [1.165, 1.54) is 4.90 Å². The molecule has 0 aliphatic rings. The van der Waals surface area contributed by atoms with Gasteiger partial charge in [-0.1, -0.05) is 38.0 Å². The normalized spacial score (nSPS) is 12.5. The first-order valence-corrected chi connectivity index (χ1v) is 5.30. The van der Waals surface area contributed by atoms with Gasteiger partial charge >= 0.3 is 0 Å². The molecule has 0 aliphatic carbocycles. The molecule has 0 fully saturated rings. The highest BCUT2D eigenvalue weighted by Gasteiger charge is 2.10. The number of thioether (sulfide) groups is 1. The van der Waals surface area contributed by atoms with E-state index in [9.17, 15) is 0 Å². The van der Waals surface area contributed by atoms with E-state index in [4.69, 9.17) is 6.42 Å². The molecule has 0 radical (unpaired) electrons. The average molecular weight is 190 g/mol. The van der Waals surface area contributed by atoms with Crippen molar-refractivity contribution < 1.29 is 0 Å². The molecular formula is C12H14S. The first-order valence-electron chi connectivity index (χ1n) is 4.42. The quantitative estimate of drug-likeness (QED) is 0.520. The van der Waals surface area contributed by atoms with Crippen LogP contribution >= 0.6 is 11.8 Å². The van der Waals surface area contributed by atoms with Gasteiger partial charge in [-0.15, -0.1) is 18.2 Å². The van der Waals surface area contributed by atoms with Gasteiger partial charge in [0.25, 0.3) is 0 Å². The highest BCUT2D eigenvalue weighted by Crippen LogP contribution is 2.26. The van der Waals surface area contributed by atoms with Crippen molar-refractivity contribution in [3.63, 3.8) is 0 Å². The van der Waals surface area contributed by atoms with Crippen molar-refractivity contribution in [3.8, 4) is 12.3 Å². The molecule has 0 saturated carbocycles. The predicted octanol–water partition coefficient (Wildman–Crippen LogP) is 3.44. The number of hydrogen-bond acceptors (Lipinski definition) is 1. The van der Waals surface area contributed by atoms with Gasteiger partial charge in [-0.2, -0.15) is 0 Å². The first kappa shape index (κ1) is 10.2. The molecule has 1 aromatic carbocycles. The third kappa shape index (κ3) is 3.16. The monoisotopic (exact) mass is 190 g/mol. The van der Waals surface area contributed by atoms with E-state index >= 15 is 0 Å². The van der Waals surface area contributed by atoms with Crippen molar-refractivity contribution in [1.82, 2.24) is 0 Å². The van der Waals surface area contributed by atoms with Gasteiger partial charge in [0.1, 0.15) is 0 Å². The lowest BCUT2D eigenvalue weighted by molar-refractivity contribution is 0.690. The lowest BCUT2D eigenvalue weighted by Crippen LogP contribution is -2.07. The Kier molecular flexibility index (Phi) is 3.92. The van der Waals surface area contributed by atoms with Crippen molar-refractivity contribution in [2.45, 2.75) is 24.0 Å². The number of terminal acetylenes is 1. The minimum Gasteiger partial charge on any atom is -0.119 e. The van der Waals surface area contributed by atoms with E-state index in [1.54, 1.807) is 11.8 Å². The van der Waals surface area contributed by atoms with Crippen LogP contribution in [0.25, 0.3) is 0 Å². The SMILES string of the molecule is C#CC(Sc1ccccc1)C(C)C. The van der Waals surface area contributed by atoms with Gasteiger partial charge in [-0.3, -0.25) is 0 Å². The van der Waals surface area contributed by atoms with Crippen molar-refractivity contribution in [2.24, 2.45) is 5.92 Å². The third-order valence-corrected chi connectivity index (χ3v) is 3.25. The number of hydrogen-bond donors (Lipinski definition) is 0. The fourth-order valence-corrected chi connectivity index (χ4v) is 1.96. The van der Waals surface area contributed by atoms with Crippen molar-refractivity contribution >= 4 is 11.8 Å². The van der Waals surface area contributed by atoms with Crippen molar-refractivity contribution in [3.05, 3.63) is 30.3 Å². The fraction of sp³-hybridized carbons (Fsp3) is 0.333. The summed E-state index contributed by atoms with van der Waals surface area (Å²) in [5.41, 5.74) is 0. The molecule has 1 atom stereocenters. The molecule has 0 aromatic heterocycles. The summed E-state index contributed by atoms with van der Waals surface area (Å²) in [5, 5.41) is 0.280. The van der Waals surface area contributed by atoms with Gasteiger partial charge in [-0.25, -0.2) is 0 Å². The molecule has 13 heavy (non-hydrogen) atoms. The lowest BCUT2D eigenvalue weighted by Gasteiger charge is -2.13. The Morgan fingerprint density at radius 2 is 1.85 bits per heavy atom. The Hall–Kier alpha value is -0.870. The van der Waals surface area contributed by atoms with Crippen LogP contribution in [0.5, 0.6) is 0 Å². The smallest absolute Gasteiger partial charge is 0.0724 e. The van der Waals surface area contributed by atoms with Gasteiger partial charge in [0.2, 0.25) is 0 Å². The minimum absolute atomic E-state index is 0.280. The second kappa shape index (κ2) is 4.99. The molecule has 1 unspecified atom stereocenters. The Morgan fingerprint density at radius 3 is 2.31 bits per heavy atom. The molecule has 0 bridgehead atoms. The zero-order chi connectivity index (χ0) is 9.68. The standard InChI is InChI=1S/C12H14S/c1-4-12(10(2)3)13-11-8-6-5-7-9-11/h1,5-10,12H,2-3H3. The maximum absolute atomic E-state index is 5.45. The molecule has 0 spiro atoms. The van der Waals surface area contributed by atoms with Crippen molar-refractivity contribution in [1.29, 1.82) is 0 Å². The summed E-state index contributed by atoms with van der Waals surface area (Å²) in [6.45, 7) is 4.31. The molecular weight excluding hydrogens is 176 g/mol. The summed E-state index contributed by atoms with van der Waals surface area (Å²) in [4.78, 5) is 1.25. The largest absolute Gasteiger partial charge is 0.119 e. The minimum atomic E-state index is 0.280. The Labute approximate surface area is 84.7 Å². The van der Waals surface area contributed by atoms with Gasteiger partial charge in [0, 0.05) is 4.90 Å².